The fourth-order valence-corrected chi connectivity index (χ4v) is 20.0. The molecule has 2 aromatic rings. The van der Waals surface area contributed by atoms with Gasteiger partial charge in [0.05, 0.1) is 0 Å². The van der Waals surface area contributed by atoms with Crippen LogP contribution in [-0.4, -0.2) is 44.0 Å². The third-order valence-corrected chi connectivity index (χ3v) is 24.5. The molecule has 2 aromatic carbocycles. The van der Waals surface area contributed by atoms with E-state index in [0.29, 0.717) is 33.2 Å². The van der Waals surface area contributed by atoms with Crippen LogP contribution in [0.1, 0.15) is 105 Å². The van der Waals surface area contributed by atoms with Gasteiger partial charge in [0.15, 0.2) is 11.2 Å². The Bertz CT molecular complexity index is 1390. The number of halogens is 2. The van der Waals surface area contributed by atoms with Gasteiger partial charge in [-0.1, -0.05) is 139 Å². The van der Waals surface area contributed by atoms with E-state index in [0.717, 1.165) is 31.2 Å². The summed E-state index contributed by atoms with van der Waals surface area (Å²) in [6.45, 7) is 28.2. The molecule has 0 spiro atoms. The van der Waals surface area contributed by atoms with Crippen molar-refractivity contribution < 1.29 is 18.9 Å². The summed E-state index contributed by atoms with van der Waals surface area (Å²) in [6, 6.07) is 12.7. The maximum atomic E-state index is 6.92. The Kier molecular flexibility index (Phi) is 14.1. The molecule has 1 aliphatic rings. The summed E-state index contributed by atoms with van der Waals surface area (Å²) in [7, 11) is -1.03. The Labute approximate surface area is 311 Å². The SMILES string of the molecule is COCOC1(C#C[Si](C(C)C)(C(C)C)C(C)C)c2ccc(Br)cc2C(C#C[Si](C(C)C)(C(C)C)C(C)C)(OCOC)c2ccc(Br)cc21. The minimum Gasteiger partial charge on any atom is -0.359 e. The second-order valence-corrected chi connectivity index (χ2v) is 28.1. The van der Waals surface area contributed by atoms with Gasteiger partial charge >= 0.3 is 0 Å². The van der Waals surface area contributed by atoms with Crippen molar-refractivity contribution in [2.24, 2.45) is 0 Å². The van der Waals surface area contributed by atoms with Gasteiger partial charge in [-0.3, -0.25) is 0 Å². The third kappa shape index (κ3) is 7.26. The molecule has 0 heterocycles. The van der Waals surface area contributed by atoms with E-state index in [1.54, 1.807) is 14.2 Å². The second kappa shape index (κ2) is 16.4. The van der Waals surface area contributed by atoms with E-state index in [1.807, 2.05) is 0 Å². The summed E-state index contributed by atoms with van der Waals surface area (Å²) < 4.78 is 27.0. The lowest BCUT2D eigenvalue weighted by atomic mass is 9.68. The molecule has 0 fully saturated rings. The number of fused-ring (bicyclic) bond motifs is 2. The van der Waals surface area contributed by atoms with Crippen LogP contribution in [0.2, 0.25) is 33.2 Å². The molecule has 0 N–H and O–H groups in total. The molecule has 0 amide bonds. The summed E-state index contributed by atoms with van der Waals surface area (Å²) in [5.74, 6) is 7.76. The predicted molar refractivity (Wildman–Crippen MR) is 213 cm³/mol. The van der Waals surface area contributed by atoms with E-state index in [9.17, 15) is 0 Å². The van der Waals surface area contributed by atoms with Crippen molar-refractivity contribution in [3.8, 4) is 22.9 Å². The Hall–Kier alpha value is -1.21. The fraction of sp³-hybridized carbons (Fsp3) is 0.600. The Balaban J connectivity index is 2.67. The van der Waals surface area contributed by atoms with Gasteiger partial charge in [-0.15, -0.1) is 11.1 Å². The first kappa shape index (κ1) is 41.2. The Morgan fingerprint density at radius 3 is 1.06 bits per heavy atom. The van der Waals surface area contributed by atoms with Gasteiger partial charge in [0.1, 0.15) is 29.7 Å². The van der Waals surface area contributed by atoms with Crippen molar-refractivity contribution in [3.05, 3.63) is 67.6 Å². The zero-order valence-corrected chi connectivity index (χ0v) is 36.9. The van der Waals surface area contributed by atoms with Crippen LogP contribution in [-0.2, 0) is 30.1 Å². The maximum Gasteiger partial charge on any atom is 0.182 e. The highest BCUT2D eigenvalue weighted by Crippen LogP contribution is 2.53. The van der Waals surface area contributed by atoms with Gasteiger partial charge in [0.2, 0.25) is 0 Å². The number of ether oxygens (including phenoxy) is 4. The molecule has 0 aliphatic heterocycles. The Morgan fingerprint density at radius 2 is 0.812 bits per heavy atom. The highest BCUT2D eigenvalue weighted by atomic mass is 79.9. The number of methoxy groups -OCH3 is 2. The van der Waals surface area contributed by atoms with Crippen LogP contribution in [0.15, 0.2) is 45.3 Å². The standard InChI is InChI=1S/C40H58Br2O4Si2/c1-27(2)47(28(3)4,29(5)6)21-19-39(45-25-43-13)35-17-15-34(42)24-38(35)40(46-26-44-14,36-18-16-33(41)23-37(36)39)20-22-48(30(7)8,31(9)10)32(11)12/h15-18,23-24,27-32H,25-26H2,1-14H3. The van der Waals surface area contributed by atoms with Gasteiger partial charge in [-0.2, -0.15) is 0 Å². The molecule has 4 nitrogen and oxygen atoms in total. The van der Waals surface area contributed by atoms with Crippen LogP contribution in [0, 0.1) is 22.9 Å². The average Bonchev–Trinajstić information content (AvgIpc) is 3.00. The van der Waals surface area contributed by atoms with E-state index in [2.05, 4.69) is 174 Å². The molecular weight excluding hydrogens is 760 g/mol. The molecule has 0 saturated carbocycles. The van der Waals surface area contributed by atoms with Gasteiger partial charge in [0, 0.05) is 45.4 Å². The van der Waals surface area contributed by atoms with Crippen LogP contribution in [0.4, 0.5) is 0 Å². The Morgan fingerprint density at radius 1 is 0.521 bits per heavy atom. The van der Waals surface area contributed by atoms with Crippen molar-refractivity contribution in [1.29, 1.82) is 0 Å². The second-order valence-electron chi connectivity index (χ2n) is 15.1. The van der Waals surface area contributed by atoms with Gasteiger partial charge in [0.25, 0.3) is 0 Å². The lowest BCUT2D eigenvalue weighted by Gasteiger charge is -2.46. The van der Waals surface area contributed by atoms with Gasteiger partial charge in [-0.25, -0.2) is 0 Å². The maximum absolute atomic E-state index is 6.92. The highest BCUT2D eigenvalue weighted by molar-refractivity contribution is 9.10. The molecule has 0 radical (unpaired) electrons. The quantitative estimate of drug-likeness (QED) is 0.121. The van der Waals surface area contributed by atoms with Gasteiger partial charge < -0.3 is 18.9 Å². The zero-order chi connectivity index (χ0) is 36.2. The normalized spacial score (nSPS) is 19.5. The smallest absolute Gasteiger partial charge is 0.182 e. The molecule has 2 atom stereocenters. The van der Waals surface area contributed by atoms with Crippen LogP contribution in [0.5, 0.6) is 0 Å². The zero-order valence-electron chi connectivity index (χ0n) is 31.7. The summed E-state index contributed by atoms with van der Waals surface area (Å²) >= 11 is 7.62. The third-order valence-electron chi connectivity index (χ3n) is 10.9. The first-order valence-electron chi connectivity index (χ1n) is 17.4. The van der Waals surface area contributed by atoms with Crippen molar-refractivity contribution in [1.82, 2.24) is 0 Å². The number of benzene rings is 2. The molecule has 3 rings (SSSR count). The number of rotatable bonds is 12. The lowest BCUT2D eigenvalue weighted by molar-refractivity contribution is -0.110. The number of hydrogen-bond donors (Lipinski definition) is 0. The molecule has 1 aliphatic carbocycles. The minimum absolute atomic E-state index is 0.0669. The molecule has 264 valence electrons. The summed E-state index contributed by atoms with van der Waals surface area (Å²) in [5.41, 5.74) is 12.2. The first-order chi connectivity index (χ1) is 22.4. The molecule has 0 aromatic heterocycles. The van der Waals surface area contributed by atoms with Crippen LogP contribution in [0.3, 0.4) is 0 Å². The topological polar surface area (TPSA) is 36.9 Å². The average molecular weight is 819 g/mol. The predicted octanol–water partition coefficient (Wildman–Crippen LogP) is 11.7. The first-order valence-corrected chi connectivity index (χ1v) is 23.4. The number of hydrogen-bond acceptors (Lipinski definition) is 4. The van der Waals surface area contributed by atoms with E-state index >= 15 is 0 Å². The minimum atomic E-state index is -2.18. The van der Waals surface area contributed by atoms with E-state index < -0.39 is 27.3 Å². The van der Waals surface area contributed by atoms with E-state index in [-0.39, 0.29) is 13.6 Å². The van der Waals surface area contributed by atoms with Crippen molar-refractivity contribution in [3.63, 3.8) is 0 Å². The van der Waals surface area contributed by atoms with Crippen LogP contribution >= 0.6 is 31.9 Å². The molecule has 2 unspecified atom stereocenters. The molecule has 0 bridgehead atoms. The van der Waals surface area contributed by atoms with Gasteiger partial charge in [-0.05, 0) is 57.5 Å². The van der Waals surface area contributed by atoms with Crippen molar-refractivity contribution in [2.75, 3.05) is 27.8 Å². The van der Waals surface area contributed by atoms with Crippen LogP contribution < -0.4 is 0 Å². The summed E-state index contributed by atoms with van der Waals surface area (Å²) in [4.78, 5) is 0. The van der Waals surface area contributed by atoms with E-state index in [1.165, 1.54) is 0 Å². The van der Waals surface area contributed by atoms with Crippen LogP contribution in [0.25, 0.3) is 0 Å². The largest absolute Gasteiger partial charge is 0.359 e. The monoisotopic (exact) mass is 816 g/mol. The van der Waals surface area contributed by atoms with E-state index in [4.69, 9.17) is 18.9 Å². The fourth-order valence-electron chi connectivity index (χ4n) is 8.73. The molecule has 0 saturated heterocycles. The molecule has 48 heavy (non-hydrogen) atoms. The summed E-state index contributed by atoms with van der Waals surface area (Å²) in [5, 5.41) is 0. The molecular formula is C40H58Br2O4Si2. The van der Waals surface area contributed by atoms with Crippen molar-refractivity contribution >= 4 is 48.0 Å². The highest BCUT2D eigenvalue weighted by Gasteiger charge is 2.53. The summed E-state index contributed by atoms with van der Waals surface area (Å²) in [6.07, 6.45) is 0. The molecule has 8 heteroatoms. The lowest BCUT2D eigenvalue weighted by Crippen LogP contribution is -2.48. The van der Waals surface area contributed by atoms with Crippen molar-refractivity contribution in [2.45, 2.75) is 128 Å².